The van der Waals surface area contributed by atoms with Crippen molar-refractivity contribution < 1.29 is 0 Å². The zero-order chi connectivity index (χ0) is 9.97. The lowest BCUT2D eigenvalue weighted by atomic mass is 9.89. The van der Waals surface area contributed by atoms with E-state index in [-0.39, 0.29) is 0 Å². The summed E-state index contributed by atoms with van der Waals surface area (Å²) in [5, 5.41) is 0. The van der Waals surface area contributed by atoms with Crippen molar-refractivity contribution in [2.24, 2.45) is 0 Å². The first kappa shape index (κ1) is 10.9. The molecule has 0 N–H and O–H groups in total. The summed E-state index contributed by atoms with van der Waals surface area (Å²) >= 11 is 4.85. The second-order valence-electron chi connectivity index (χ2n) is 3.62. The van der Waals surface area contributed by atoms with E-state index in [9.17, 15) is 0 Å². The van der Waals surface area contributed by atoms with Crippen LogP contribution < -0.4 is 0 Å². The molecule has 0 fully saturated rings. The van der Waals surface area contributed by atoms with Crippen molar-refractivity contribution in [1.29, 1.82) is 0 Å². The molecular formula is C12H12I2. The van der Waals surface area contributed by atoms with E-state index >= 15 is 0 Å². The van der Waals surface area contributed by atoms with Crippen molar-refractivity contribution in [3.63, 3.8) is 0 Å². The van der Waals surface area contributed by atoms with Crippen molar-refractivity contribution >= 4 is 45.2 Å². The van der Waals surface area contributed by atoms with Gasteiger partial charge in [-0.25, -0.2) is 0 Å². The summed E-state index contributed by atoms with van der Waals surface area (Å²) in [6.07, 6.45) is 6.30. The van der Waals surface area contributed by atoms with Crippen LogP contribution >= 0.6 is 45.2 Å². The van der Waals surface area contributed by atoms with Gasteiger partial charge in [0, 0.05) is 9.49 Å². The van der Waals surface area contributed by atoms with Crippen molar-refractivity contribution in [2.75, 3.05) is 0 Å². The zero-order valence-corrected chi connectivity index (χ0v) is 12.2. The van der Waals surface area contributed by atoms with Crippen LogP contribution in [0.5, 0.6) is 0 Å². The van der Waals surface area contributed by atoms with E-state index in [1.165, 1.54) is 32.0 Å². The average Bonchev–Trinajstić information content (AvgIpc) is 2.20. The molecule has 0 spiro atoms. The standard InChI is InChI=1S/C12H12I2/c13-10-7-5-9(6-8-10)11-3-1-2-4-12(11)14/h4-8,11H,1-3H2/t11-/m1/s1. The summed E-state index contributed by atoms with van der Waals surface area (Å²) in [5.74, 6) is 0.668. The van der Waals surface area contributed by atoms with Gasteiger partial charge in [-0.15, -0.1) is 0 Å². The Balaban J connectivity index is 2.26. The highest BCUT2D eigenvalue weighted by molar-refractivity contribution is 14.1. The monoisotopic (exact) mass is 410 g/mol. The Morgan fingerprint density at radius 2 is 1.79 bits per heavy atom. The molecule has 2 rings (SSSR count). The summed E-state index contributed by atoms with van der Waals surface area (Å²) in [6.45, 7) is 0. The van der Waals surface area contributed by atoms with Gasteiger partial charge in [-0.05, 0) is 85.7 Å². The molecule has 14 heavy (non-hydrogen) atoms. The lowest BCUT2D eigenvalue weighted by Gasteiger charge is -2.20. The van der Waals surface area contributed by atoms with Gasteiger partial charge < -0.3 is 0 Å². The van der Waals surface area contributed by atoms with Crippen molar-refractivity contribution in [2.45, 2.75) is 25.2 Å². The minimum absolute atomic E-state index is 0.668. The Bertz CT molecular complexity index is 338. The highest BCUT2D eigenvalue weighted by Crippen LogP contribution is 2.37. The normalized spacial score (nSPS) is 21.9. The molecule has 1 aliphatic carbocycles. The molecule has 0 nitrogen and oxygen atoms in total. The number of hydrogen-bond donors (Lipinski definition) is 0. The maximum Gasteiger partial charge on any atom is 0.0144 e. The molecule has 0 heterocycles. The summed E-state index contributed by atoms with van der Waals surface area (Å²) < 4.78 is 2.84. The fraction of sp³-hybridized carbons (Fsp3) is 0.333. The first-order valence-corrected chi connectivity index (χ1v) is 7.04. The van der Waals surface area contributed by atoms with Crippen molar-refractivity contribution in [1.82, 2.24) is 0 Å². The lowest BCUT2D eigenvalue weighted by molar-refractivity contribution is 0.651. The van der Waals surface area contributed by atoms with Crippen LogP contribution in [0.4, 0.5) is 0 Å². The molecule has 1 aliphatic rings. The van der Waals surface area contributed by atoms with Crippen molar-refractivity contribution in [3.8, 4) is 0 Å². The third-order valence-corrected chi connectivity index (χ3v) is 4.55. The van der Waals surface area contributed by atoms with Crippen molar-refractivity contribution in [3.05, 3.63) is 43.1 Å². The first-order chi connectivity index (χ1) is 6.77. The Hall–Kier alpha value is 0.420. The van der Waals surface area contributed by atoms with Gasteiger partial charge in [0.2, 0.25) is 0 Å². The molecule has 0 unspecified atom stereocenters. The maximum atomic E-state index is 2.49. The Labute approximate surface area is 112 Å². The molecule has 1 aromatic carbocycles. The van der Waals surface area contributed by atoms with Crippen LogP contribution in [-0.4, -0.2) is 0 Å². The molecule has 0 amide bonds. The van der Waals surface area contributed by atoms with E-state index in [1.54, 1.807) is 0 Å². The van der Waals surface area contributed by atoms with Crippen LogP contribution in [0, 0.1) is 3.57 Å². The highest BCUT2D eigenvalue weighted by Gasteiger charge is 2.17. The molecule has 1 atom stereocenters. The average molecular weight is 410 g/mol. The topological polar surface area (TPSA) is 0 Å². The van der Waals surface area contributed by atoms with E-state index in [4.69, 9.17) is 0 Å². The molecule has 1 aromatic rings. The Morgan fingerprint density at radius 3 is 2.43 bits per heavy atom. The van der Waals surface area contributed by atoms with Crippen LogP contribution in [0.3, 0.4) is 0 Å². The minimum Gasteiger partial charge on any atom is -0.0746 e. The van der Waals surface area contributed by atoms with Crippen LogP contribution in [0.15, 0.2) is 33.9 Å². The predicted octanol–water partition coefficient (Wildman–Crippen LogP) is 4.88. The van der Waals surface area contributed by atoms with Crippen LogP contribution in [0.2, 0.25) is 0 Å². The fourth-order valence-corrected chi connectivity index (χ4v) is 3.21. The third kappa shape index (κ3) is 2.51. The Kier molecular flexibility index (Phi) is 3.87. The highest BCUT2D eigenvalue weighted by atomic mass is 127. The summed E-state index contributed by atoms with van der Waals surface area (Å²) in [4.78, 5) is 0. The second-order valence-corrected chi connectivity index (χ2v) is 6.12. The molecule has 0 aromatic heterocycles. The fourth-order valence-electron chi connectivity index (χ4n) is 1.86. The number of benzene rings is 1. The van der Waals surface area contributed by atoms with Crippen LogP contribution in [0.1, 0.15) is 30.7 Å². The van der Waals surface area contributed by atoms with Gasteiger partial charge in [0.05, 0.1) is 0 Å². The summed E-state index contributed by atoms with van der Waals surface area (Å²) in [6, 6.07) is 8.94. The largest absolute Gasteiger partial charge is 0.0746 e. The molecule has 0 saturated carbocycles. The number of hydrogen-bond acceptors (Lipinski definition) is 0. The van der Waals surface area contributed by atoms with E-state index in [1.807, 2.05) is 0 Å². The van der Waals surface area contributed by atoms with Crippen LogP contribution in [0.25, 0.3) is 0 Å². The number of rotatable bonds is 1. The second kappa shape index (κ2) is 4.96. The first-order valence-electron chi connectivity index (χ1n) is 4.88. The minimum atomic E-state index is 0.668. The zero-order valence-electron chi connectivity index (χ0n) is 7.84. The maximum absolute atomic E-state index is 2.49. The van der Waals surface area contributed by atoms with Gasteiger partial charge in [0.1, 0.15) is 0 Å². The van der Waals surface area contributed by atoms with E-state index < -0.39 is 0 Å². The number of halogens is 2. The van der Waals surface area contributed by atoms with Gasteiger partial charge in [0.25, 0.3) is 0 Å². The van der Waals surface area contributed by atoms with E-state index in [0.717, 1.165) is 0 Å². The molecule has 0 radical (unpaired) electrons. The molecule has 0 aliphatic heterocycles. The predicted molar refractivity (Wildman–Crippen MR) is 77.9 cm³/mol. The molecular weight excluding hydrogens is 398 g/mol. The summed E-state index contributed by atoms with van der Waals surface area (Å²) in [7, 11) is 0. The van der Waals surface area contributed by atoms with Gasteiger partial charge in [0.15, 0.2) is 0 Å². The smallest absolute Gasteiger partial charge is 0.0144 e. The summed E-state index contributed by atoms with van der Waals surface area (Å²) in [5.41, 5.74) is 1.48. The van der Waals surface area contributed by atoms with E-state index in [0.29, 0.717) is 5.92 Å². The van der Waals surface area contributed by atoms with Gasteiger partial charge >= 0.3 is 0 Å². The number of allylic oxidation sites excluding steroid dienone is 2. The molecule has 0 saturated heterocycles. The molecule has 0 bridgehead atoms. The van der Waals surface area contributed by atoms with Gasteiger partial charge in [-0.2, -0.15) is 0 Å². The molecule has 2 heteroatoms. The Morgan fingerprint density at radius 1 is 1.07 bits per heavy atom. The van der Waals surface area contributed by atoms with Crippen LogP contribution in [-0.2, 0) is 0 Å². The quantitative estimate of drug-likeness (QED) is 0.580. The molecule has 74 valence electrons. The van der Waals surface area contributed by atoms with Gasteiger partial charge in [-0.1, -0.05) is 18.2 Å². The SMILES string of the molecule is IC1=CCCC[C@@H]1c1ccc(I)cc1. The van der Waals surface area contributed by atoms with Gasteiger partial charge in [-0.3, -0.25) is 0 Å². The van der Waals surface area contributed by atoms with E-state index in [2.05, 4.69) is 75.5 Å². The lowest BCUT2D eigenvalue weighted by Crippen LogP contribution is -2.02. The third-order valence-electron chi connectivity index (χ3n) is 2.64.